The normalized spacial score (nSPS) is 17.1. The first-order valence-electron chi connectivity index (χ1n) is 10.2. The molecule has 0 amide bonds. The van der Waals surface area contributed by atoms with Crippen LogP contribution >= 0.6 is 0 Å². The number of nitrogens with zero attached hydrogens (tertiary/aromatic N) is 2. The summed E-state index contributed by atoms with van der Waals surface area (Å²) in [6.45, 7) is 5.14. The second-order valence-electron chi connectivity index (χ2n) is 7.60. The topological polar surface area (TPSA) is 58.1 Å². The van der Waals surface area contributed by atoms with Gasteiger partial charge in [0.1, 0.15) is 17.3 Å². The molecule has 3 rings (SSSR count). The molecule has 1 unspecified atom stereocenters. The van der Waals surface area contributed by atoms with Crippen LogP contribution in [0.3, 0.4) is 0 Å². The highest BCUT2D eigenvalue weighted by Crippen LogP contribution is 2.24. The zero-order valence-corrected chi connectivity index (χ0v) is 18.2. The smallest absolute Gasteiger partial charge is 0.191 e. The van der Waals surface area contributed by atoms with Gasteiger partial charge in [0.2, 0.25) is 0 Å². The van der Waals surface area contributed by atoms with Gasteiger partial charge < -0.3 is 20.1 Å². The van der Waals surface area contributed by atoms with E-state index in [-0.39, 0.29) is 5.82 Å². The summed E-state index contributed by atoms with van der Waals surface area (Å²) < 4.78 is 24.2. The van der Waals surface area contributed by atoms with Crippen molar-refractivity contribution in [3.05, 3.63) is 58.9 Å². The molecule has 7 heteroatoms. The minimum Gasteiger partial charge on any atom is -0.497 e. The standard InChI is InChI=1S/C23H31FN4O2/c1-16-9-17(5-6-22(16)24)13-26-23(25-2)27-19-7-8-28(15-19)14-18-10-20(29-3)12-21(11-18)30-4/h5-6,9-12,19H,7-8,13-15H2,1-4H3,(H2,25,26,27). The number of rotatable bonds is 7. The van der Waals surface area contributed by atoms with Crippen molar-refractivity contribution in [3.63, 3.8) is 0 Å². The molecule has 1 atom stereocenters. The Morgan fingerprint density at radius 3 is 2.50 bits per heavy atom. The summed E-state index contributed by atoms with van der Waals surface area (Å²) in [5.74, 6) is 2.19. The number of benzene rings is 2. The SMILES string of the molecule is CN=C(NCc1ccc(F)c(C)c1)NC1CCN(Cc2cc(OC)cc(OC)c2)C1. The Morgan fingerprint density at radius 2 is 1.87 bits per heavy atom. The first-order valence-corrected chi connectivity index (χ1v) is 10.2. The fraction of sp³-hybridized carbons (Fsp3) is 0.435. The van der Waals surface area contributed by atoms with Gasteiger partial charge >= 0.3 is 0 Å². The molecule has 0 aromatic heterocycles. The van der Waals surface area contributed by atoms with Gasteiger partial charge in [-0.25, -0.2) is 4.39 Å². The number of methoxy groups -OCH3 is 2. The Balaban J connectivity index is 1.51. The van der Waals surface area contributed by atoms with E-state index in [1.54, 1.807) is 34.3 Å². The number of aliphatic imine (C=N–C) groups is 1. The fourth-order valence-electron chi connectivity index (χ4n) is 3.70. The lowest BCUT2D eigenvalue weighted by atomic mass is 10.1. The fourth-order valence-corrected chi connectivity index (χ4v) is 3.70. The van der Waals surface area contributed by atoms with Gasteiger partial charge in [0.25, 0.3) is 0 Å². The van der Waals surface area contributed by atoms with Crippen LogP contribution in [-0.2, 0) is 13.1 Å². The zero-order valence-electron chi connectivity index (χ0n) is 18.2. The summed E-state index contributed by atoms with van der Waals surface area (Å²) in [7, 11) is 5.10. The van der Waals surface area contributed by atoms with Crippen LogP contribution in [0.2, 0.25) is 0 Å². The molecule has 6 nitrogen and oxygen atoms in total. The van der Waals surface area contributed by atoms with Gasteiger partial charge in [-0.2, -0.15) is 0 Å². The third kappa shape index (κ3) is 5.86. The number of ether oxygens (including phenoxy) is 2. The van der Waals surface area contributed by atoms with Crippen LogP contribution in [0.1, 0.15) is 23.1 Å². The predicted molar refractivity (Wildman–Crippen MR) is 118 cm³/mol. The molecule has 2 aromatic rings. The summed E-state index contributed by atoms with van der Waals surface area (Å²) in [5, 5.41) is 6.82. The average molecular weight is 415 g/mol. The molecule has 1 heterocycles. The average Bonchev–Trinajstić information content (AvgIpc) is 3.19. The lowest BCUT2D eigenvalue weighted by Gasteiger charge is -2.19. The zero-order chi connectivity index (χ0) is 21.5. The van der Waals surface area contributed by atoms with E-state index >= 15 is 0 Å². The minimum atomic E-state index is -0.180. The van der Waals surface area contributed by atoms with Gasteiger partial charge in [0.15, 0.2) is 5.96 Å². The maximum Gasteiger partial charge on any atom is 0.191 e. The maximum atomic E-state index is 13.4. The van der Waals surface area contributed by atoms with Crippen molar-refractivity contribution in [1.82, 2.24) is 15.5 Å². The second kappa shape index (κ2) is 10.3. The quantitative estimate of drug-likeness (QED) is 0.539. The van der Waals surface area contributed by atoms with Crippen LogP contribution in [0, 0.1) is 12.7 Å². The number of nitrogens with one attached hydrogen (secondary N) is 2. The number of aryl methyl sites for hydroxylation is 1. The van der Waals surface area contributed by atoms with Crippen molar-refractivity contribution < 1.29 is 13.9 Å². The minimum absolute atomic E-state index is 0.180. The second-order valence-corrected chi connectivity index (χ2v) is 7.60. The monoisotopic (exact) mass is 414 g/mol. The maximum absolute atomic E-state index is 13.4. The lowest BCUT2D eigenvalue weighted by molar-refractivity contribution is 0.321. The largest absolute Gasteiger partial charge is 0.497 e. The van der Waals surface area contributed by atoms with Crippen molar-refractivity contribution in [1.29, 1.82) is 0 Å². The predicted octanol–water partition coefficient (Wildman–Crippen LogP) is 3.09. The van der Waals surface area contributed by atoms with Crippen molar-refractivity contribution in [3.8, 4) is 11.5 Å². The van der Waals surface area contributed by atoms with Crippen LogP contribution < -0.4 is 20.1 Å². The first kappa shape index (κ1) is 21.9. The highest BCUT2D eigenvalue weighted by Gasteiger charge is 2.23. The summed E-state index contributed by atoms with van der Waals surface area (Å²) in [6, 6.07) is 11.5. The molecule has 162 valence electrons. The van der Waals surface area contributed by atoms with E-state index in [4.69, 9.17) is 9.47 Å². The van der Waals surface area contributed by atoms with Gasteiger partial charge in [-0.15, -0.1) is 0 Å². The Labute approximate surface area is 178 Å². The highest BCUT2D eigenvalue weighted by atomic mass is 19.1. The molecular formula is C23H31FN4O2. The molecule has 0 radical (unpaired) electrons. The Bertz CT molecular complexity index is 865. The van der Waals surface area contributed by atoms with Crippen LogP contribution in [0.4, 0.5) is 4.39 Å². The van der Waals surface area contributed by atoms with Gasteiger partial charge in [-0.05, 0) is 48.2 Å². The molecule has 30 heavy (non-hydrogen) atoms. The van der Waals surface area contributed by atoms with Gasteiger partial charge in [0.05, 0.1) is 14.2 Å². The van der Waals surface area contributed by atoms with E-state index in [1.165, 1.54) is 11.6 Å². The van der Waals surface area contributed by atoms with Crippen molar-refractivity contribution in [2.75, 3.05) is 34.4 Å². The highest BCUT2D eigenvalue weighted by molar-refractivity contribution is 5.80. The summed E-state index contributed by atoms with van der Waals surface area (Å²) in [4.78, 5) is 6.73. The van der Waals surface area contributed by atoms with E-state index in [1.807, 2.05) is 12.1 Å². The third-order valence-corrected chi connectivity index (χ3v) is 5.34. The molecule has 0 bridgehead atoms. The van der Waals surface area contributed by atoms with Gasteiger partial charge in [-0.1, -0.05) is 12.1 Å². The summed E-state index contributed by atoms with van der Waals surface area (Å²) in [5.41, 5.74) is 2.84. The molecular weight excluding hydrogens is 383 g/mol. The molecule has 1 aliphatic rings. The van der Waals surface area contributed by atoms with Crippen LogP contribution in [0.5, 0.6) is 11.5 Å². The van der Waals surface area contributed by atoms with Crippen LogP contribution in [-0.4, -0.2) is 51.3 Å². The summed E-state index contributed by atoms with van der Waals surface area (Å²) in [6.07, 6.45) is 1.04. The molecule has 2 aromatic carbocycles. The van der Waals surface area contributed by atoms with Crippen LogP contribution in [0.15, 0.2) is 41.4 Å². The Morgan fingerprint density at radius 1 is 1.13 bits per heavy atom. The molecule has 1 fully saturated rings. The molecule has 0 saturated carbocycles. The third-order valence-electron chi connectivity index (χ3n) is 5.34. The van der Waals surface area contributed by atoms with Crippen molar-refractivity contribution >= 4 is 5.96 Å². The Kier molecular flexibility index (Phi) is 7.52. The van der Waals surface area contributed by atoms with E-state index in [0.29, 0.717) is 18.2 Å². The van der Waals surface area contributed by atoms with Crippen molar-refractivity contribution in [2.24, 2.45) is 4.99 Å². The van der Waals surface area contributed by atoms with Gasteiger partial charge in [0, 0.05) is 45.3 Å². The first-order chi connectivity index (χ1) is 14.5. The van der Waals surface area contributed by atoms with E-state index < -0.39 is 0 Å². The molecule has 1 aliphatic heterocycles. The number of hydrogen-bond donors (Lipinski definition) is 2. The number of hydrogen-bond acceptors (Lipinski definition) is 4. The van der Waals surface area contributed by atoms with E-state index in [0.717, 1.165) is 49.1 Å². The number of likely N-dealkylation sites (tertiary alicyclic amines) is 1. The van der Waals surface area contributed by atoms with Crippen LogP contribution in [0.25, 0.3) is 0 Å². The molecule has 0 spiro atoms. The molecule has 1 saturated heterocycles. The Hall–Kier alpha value is -2.80. The van der Waals surface area contributed by atoms with E-state index in [9.17, 15) is 4.39 Å². The lowest BCUT2D eigenvalue weighted by Crippen LogP contribution is -2.44. The number of halogens is 1. The molecule has 2 N–H and O–H groups in total. The molecule has 0 aliphatic carbocycles. The van der Waals surface area contributed by atoms with Gasteiger partial charge in [-0.3, -0.25) is 9.89 Å². The van der Waals surface area contributed by atoms with E-state index in [2.05, 4.69) is 32.7 Å². The number of guanidine groups is 1. The van der Waals surface area contributed by atoms with Crippen molar-refractivity contribution in [2.45, 2.75) is 32.5 Å². The summed E-state index contributed by atoms with van der Waals surface area (Å²) >= 11 is 0.